The molecule has 0 amide bonds. The van der Waals surface area contributed by atoms with Crippen molar-refractivity contribution in [1.29, 1.82) is 0 Å². The third-order valence-electron chi connectivity index (χ3n) is 3.32. The lowest BCUT2D eigenvalue weighted by atomic mass is 10.2. The molecule has 100 valence electrons. The Morgan fingerprint density at radius 2 is 2.26 bits per heavy atom. The highest BCUT2D eigenvalue weighted by atomic mass is 79.9. The molecule has 1 aromatic carbocycles. The molecule has 0 unspecified atom stereocenters. The van der Waals surface area contributed by atoms with Crippen LogP contribution in [0, 0.1) is 0 Å². The van der Waals surface area contributed by atoms with Crippen LogP contribution in [0.25, 0.3) is 0 Å². The van der Waals surface area contributed by atoms with Crippen molar-refractivity contribution in [3.05, 3.63) is 46.5 Å². The van der Waals surface area contributed by atoms with Crippen LogP contribution in [-0.4, -0.2) is 9.55 Å². The second-order valence-electron chi connectivity index (χ2n) is 4.74. The van der Waals surface area contributed by atoms with E-state index in [2.05, 4.69) is 25.5 Å². The van der Waals surface area contributed by atoms with Gasteiger partial charge in [0, 0.05) is 18.2 Å². The van der Waals surface area contributed by atoms with Crippen molar-refractivity contribution < 1.29 is 4.74 Å². The Morgan fingerprint density at radius 1 is 1.42 bits per heavy atom. The van der Waals surface area contributed by atoms with Gasteiger partial charge in [0.2, 0.25) is 0 Å². The SMILES string of the molecule is NCc1cccc(Br)c1OCc1cncn1C1CC1. The van der Waals surface area contributed by atoms with Crippen molar-refractivity contribution in [2.45, 2.75) is 32.0 Å². The van der Waals surface area contributed by atoms with Gasteiger partial charge in [-0.1, -0.05) is 12.1 Å². The number of halogens is 1. The molecule has 1 aromatic heterocycles. The third-order valence-corrected chi connectivity index (χ3v) is 3.94. The fourth-order valence-corrected chi connectivity index (χ4v) is 2.67. The van der Waals surface area contributed by atoms with Crippen LogP contribution in [0.2, 0.25) is 0 Å². The van der Waals surface area contributed by atoms with Gasteiger partial charge in [-0.2, -0.15) is 0 Å². The Morgan fingerprint density at radius 3 is 3.00 bits per heavy atom. The van der Waals surface area contributed by atoms with Gasteiger partial charge in [-0.05, 0) is 34.8 Å². The Balaban J connectivity index is 1.77. The average molecular weight is 322 g/mol. The number of ether oxygens (including phenoxy) is 1. The summed E-state index contributed by atoms with van der Waals surface area (Å²) in [5.41, 5.74) is 7.86. The molecule has 3 rings (SSSR count). The van der Waals surface area contributed by atoms with Crippen LogP contribution in [0.3, 0.4) is 0 Å². The van der Waals surface area contributed by atoms with Crippen molar-refractivity contribution >= 4 is 15.9 Å². The summed E-state index contributed by atoms with van der Waals surface area (Å²) in [6, 6.07) is 6.53. The highest BCUT2D eigenvalue weighted by molar-refractivity contribution is 9.10. The van der Waals surface area contributed by atoms with Crippen molar-refractivity contribution in [3.8, 4) is 5.75 Å². The van der Waals surface area contributed by atoms with Crippen molar-refractivity contribution in [1.82, 2.24) is 9.55 Å². The molecule has 5 heteroatoms. The van der Waals surface area contributed by atoms with Gasteiger partial charge in [-0.3, -0.25) is 0 Å². The summed E-state index contributed by atoms with van der Waals surface area (Å²) in [4.78, 5) is 4.21. The monoisotopic (exact) mass is 321 g/mol. The Bertz CT molecular complexity index is 578. The number of hydrogen-bond donors (Lipinski definition) is 1. The van der Waals surface area contributed by atoms with E-state index >= 15 is 0 Å². The minimum atomic E-state index is 0.469. The molecule has 1 aliphatic rings. The molecular weight excluding hydrogens is 306 g/mol. The summed E-state index contributed by atoms with van der Waals surface area (Å²) < 4.78 is 9.08. The van der Waals surface area contributed by atoms with Crippen LogP contribution < -0.4 is 10.5 Å². The Kier molecular flexibility index (Phi) is 3.57. The number of benzene rings is 1. The molecule has 0 radical (unpaired) electrons. The van der Waals surface area contributed by atoms with E-state index < -0.39 is 0 Å². The Labute approximate surface area is 120 Å². The number of para-hydroxylation sites is 1. The van der Waals surface area contributed by atoms with Gasteiger partial charge in [0.05, 0.1) is 22.7 Å². The first kappa shape index (κ1) is 12.7. The van der Waals surface area contributed by atoms with Gasteiger partial charge >= 0.3 is 0 Å². The number of nitrogens with two attached hydrogens (primary N) is 1. The minimum absolute atomic E-state index is 0.469. The number of nitrogens with zero attached hydrogens (tertiary/aromatic N) is 2. The molecule has 1 aliphatic carbocycles. The highest BCUT2D eigenvalue weighted by Gasteiger charge is 2.25. The van der Waals surface area contributed by atoms with Gasteiger partial charge < -0.3 is 15.0 Å². The summed E-state index contributed by atoms with van der Waals surface area (Å²) in [5.74, 6) is 0.827. The summed E-state index contributed by atoms with van der Waals surface area (Å²) in [5, 5.41) is 0. The van der Waals surface area contributed by atoms with Crippen molar-refractivity contribution in [3.63, 3.8) is 0 Å². The zero-order chi connectivity index (χ0) is 13.2. The maximum atomic E-state index is 5.93. The molecule has 0 saturated heterocycles. The van der Waals surface area contributed by atoms with Gasteiger partial charge in [-0.25, -0.2) is 4.98 Å². The molecule has 1 saturated carbocycles. The van der Waals surface area contributed by atoms with E-state index in [4.69, 9.17) is 10.5 Å². The van der Waals surface area contributed by atoms with E-state index in [1.165, 1.54) is 12.8 Å². The minimum Gasteiger partial charge on any atom is -0.486 e. The smallest absolute Gasteiger partial charge is 0.138 e. The lowest BCUT2D eigenvalue weighted by Crippen LogP contribution is -2.06. The van der Waals surface area contributed by atoms with Crippen LogP contribution >= 0.6 is 15.9 Å². The van der Waals surface area contributed by atoms with Gasteiger partial charge in [0.15, 0.2) is 0 Å². The van der Waals surface area contributed by atoms with Crippen molar-refractivity contribution in [2.24, 2.45) is 5.73 Å². The van der Waals surface area contributed by atoms with Crippen LogP contribution in [0.5, 0.6) is 5.75 Å². The van der Waals surface area contributed by atoms with Crippen LogP contribution in [0.15, 0.2) is 35.2 Å². The molecule has 19 heavy (non-hydrogen) atoms. The molecule has 4 nitrogen and oxygen atoms in total. The third kappa shape index (κ3) is 2.67. The van der Waals surface area contributed by atoms with Crippen LogP contribution in [0.4, 0.5) is 0 Å². The maximum absolute atomic E-state index is 5.93. The van der Waals surface area contributed by atoms with E-state index in [0.717, 1.165) is 21.5 Å². The molecule has 0 bridgehead atoms. The lowest BCUT2D eigenvalue weighted by Gasteiger charge is -2.13. The quantitative estimate of drug-likeness (QED) is 0.921. The first-order chi connectivity index (χ1) is 9.29. The topological polar surface area (TPSA) is 53.1 Å². The average Bonchev–Trinajstić information content (AvgIpc) is 3.16. The molecular formula is C14H16BrN3O. The molecule has 0 spiro atoms. The molecule has 0 atom stereocenters. The zero-order valence-electron chi connectivity index (χ0n) is 10.6. The second kappa shape index (κ2) is 5.35. The number of aromatic nitrogens is 2. The number of imidazole rings is 1. The predicted octanol–water partition coefficient (Wildman–Crippen LogP) is 3.02. The summed E-state index contributed by atoms with van der Waals surface area (Å²) in [6.45, 7) is 0.989. The largest absolute Gasteiger partial charge is 0.486 e. The fourth-order valence-electron chi connectivity index (χ4n) is 2.15. The number of rotatable bonds is 5. The highest BCUT2D eigenvalue weighted by Crippen LogP contribution is 2.36. The summed E-state index contributed by atoms with van der Waals surface area (Å²) in [7, 11) is 0. The maximum Gasteiger partial charge on any atom is 0.138 e. The van der Waals surface area contributed by atoms with Gasteiger partial charge in [0.1, 0.15) is 12.4 Å². The van der Waals surface area contributed by atoms with E-state index in [-0.39, 0.29) is 0 Å². The first-order valence-electron chi connectivity index (χ1n) is 6.40. The second-order valence-corrected chi connectivity index (χ2v) is 5.60. The van der Waals surface area contributed by atoms with Crippen molar-refractivity contribution in [2.75, 3.05) is 0 Å². The molecule has 2 aromatic rings. The van der Waals surface area contributed by atoms with Crippen LogP contribution in [-0.2, 0) is 13.2 Å². The molecule has 1 fully saturated rings. The van der Waals surface area contributed by atoms with Crippen LogP contribution in [0.1, 0.15) is 30.1 Å². The zero-order valence-corrected chi connectivity index (χ0v) is 12.1. The van der Waals surface area contributed by atoms with E-state index in [1.54, 1.807) is 0 Å². The van der Waals surface area contributed by atoms with Gasteiger partial charge in [0.25, 0.3) is 0 Å². The standard InChI is InChI=1S/C14H16BrN3O/c15-13-3-1-2-10(6-16)14(13)19-8-12-7-17-9-18(12)11-4-5-11/h1-3,7,9,11H,4-6,8,16H2. The van der Waals surface area contributed by atoms with E-state index in [9.17, 15) is 0 Å². The predicted molar refractivity (Wildman–Crippen MR) is 76.9 cm³/mol. The summed E-state index contributed by atoms with van der Waals surface area (Å²) in [6.07, 6.45) is 6.25. The normalized spacial score (nSPS) is 14.6. The lowest BCUT2D eigenvalue weighted by molar-refractivity contribution is 0.290. The van der Waals surface area contributed by atoms with Gasteiger partial charge in [-0.15, -0.1) is 0 Å². The van der Waals surface area contributed by atoms with E-state index in [1.807, 2.05) is 30.7 Å². The summed E-state index contributed by atoms with van der Waals surface area (Å²) >= 11 is 3.51. The molecule has 2 N–H and O–H groups in total. The fraction of sp³-hybridized carbons (Fsp3) is 0.357. The molecule has 0 aliphatic heterocycles. The number of hydrogen-bond acceptors (Lipinski definition) is 3. The Hall–Kier alpha value is -1.33. The first-order valence-corrected chi connectivity index (χ1v) is 7.20. The van der Waals surface area contributed by atoms with E-state index in [0.29, 0.717) is 19.2 Å². The molecule has 1 heterocycles.